The molecule has 0 radical (unpaired) electrons. The van der Waals surface area contributed by atoms with Gasteiger partial charge in [-0.1, -0.05) is 0 Å². The van der Waals surface area contributed by atoms with Gasteiger partial charge in [0, 0.05) is 12.6 Å². The van der Waals surface area contributed by atoms with Crippen molar-refractivity contribution in [2.24, 2.45) is 11.1 Å². The molecule has 0 atom stereocenters. The van der Waals surface area contributed by atoms with Crippen LogP contribution in [-0.4, -0.2) is 38.4 Å². The maximum Gasteiger partial charge on any atom is 0.277 e. The standard InChI is InChI=1S/C8H19N3O2S/c1-7(2)11(14(9,12)13)4-3-8-5-10-6-8/h7-8,10H,3-6H2,1-2H3,(H2,9,12,13). The monoisotopic (exact) mass is 221 g/mol. The number of hydrogen-bond acceptors (Lipinski definition) is 3. The number of rotatable bonds is 5. The van der Waals surface area contributed by atoms with Gasteiger partial charge in [0.2, 0.25) is 0 Å². The summed E-state index contributed by atoms with van der Waals surface area (Å²) in [4.78, 5) is 0. The van der Waals surface area contributed by atoms with Crippen molar-refractivity contribution < 1.29 is 8.42 Å². The van der Waals surface area contributed by atoms with E-state index < -0.39 is 10.2 Å². The highest BCUT2D eigenvalue weighted by Gasteiger charge is 2.24. The Bertz CT molecular complexity index is 272. The highest BCUT2D eigenvalue weighted by molar-refractivity contribution is 7.86. The van der Waals surface area contributed by atoms with Crippen LogP contribution in [0.4, 0.5) is 0 Å². The Morgan fingerprint density at radius 2 is 2.07 bits per heavy atom. The van der Waals surface area contributed by atoms with E-state index in [2.05, 4.69) is 5.32 Å². The average Bonchev–Trinajstić information content (AvgIpc) is 1.90. The maximum atomic E-state index is 11.2. The molecule has 1 heterocycles. The molecule has 1 fully saturated rings. The minimum absolute atomic E-state index is 0.0574. The Morgan fingerprint density at radius 1 is 1.50 bits per heavy atom. The summed E-state index contributed by atoms with van der Waals surface area (Å²) in [6.45, 7) is 6.20. The van der Waals surface area contributed by atoms with Crippen molar-refractivity contribution in [2.75, 3.05) is 19.6 Å². The maximum absolute atomic E-state index is 11.2. The second-order valence-electron chi connectivity index (χ2n) is 4.06. The molecule has 0 aliphatic carbocycles. The van der Waals surface area contributed by atoms with Crippen molar-refractivity contribution in [3.8, 4) is 0 Å². The first-order valence-electron chi connectivity index (χ1n) is 4.91. The predicted molar refractivity (Wildman–Crippen MR) is 55.9 cm³/mol. The Kier molecular flexibility index (Phi) is 3.88. The molecule has 14 heavy (non-hydrogen) atoms. The van der Waals surface area contributed by atoms with Gasteiger partial charge in [0.1, 0.15) is 0 Å². The van der Waals surface area contributed by atoms with Gasteiger partial charge in [-0.3, -0.25) is 0 Å². The molecule has 0 amide bonds. The van der Waals surface area contributed by atoms with Crippen LogP contribution in [0.15, 0.2) is 0 Å². The van der Waals surface area contributed by atoms with E-state index in [1.807, 2.05) is 13.8 Å². The van der Waals surface area contributed by atoms with Crippen molar-refractivity contribution in [3.05, 3.63) is 0 Å². The molecule has 5 nitrogen and oxygen atoms in total. The first kappa shape index (κ1) is 11.9. The van der Waals surface area contributed by atoms with E-state index in [1.54, 1.807) is 0 Å². The van der Waals surface area contributed by atoms with Crippen molar-refractivity contribution in [3.63, 3.8) is 0 Å². The fourth-order valence-corrected chi connectivity index (χ4v) is 2.49. The van der Waals surface area contributed by atoms with Crippen LogP contribution in [0, 0.1) is 5.92 Å². The van der Waals surface area contributed by atoms with E-state index in [1.165, 1.54) is 4.31 Å². The van der Waals surface area contributed by atoms with E-state index in [0.29, 0.717) is 12.5 Å². The topological polar surface area (TPSA) is 75.4 Å². The van der Waals surface area contributed by atoms with Crippen molar-refractivity contribution in [1.82, 2.24) is 9.62 Å². The molecule has 3 N–H and O–H groups in total. The highest BCUT2D eigenvalue weighted by Crippen LogP contribution is 2.12. The number of nitrogens with one attached hydrogen (secondary N) is 1. The zero-order valence-corrected chi connectivity index (χ0v) is 9.55. The highest BCUT2D eigenvalue weighted by atomic mass is 32.2. The molecular formula is C8H19N3O2S. The summed E-state index contributed by atoms with van der Waals surface area (Å²) >= 11 is 0. The van der Waals surface area contributed by atoms with Crippen LogP contribution in [-0.2, 0) is 10.2 Å². The molecule has 0 unspecified atom stereocenters. The van der Waals surface area contributed by atoms with Crippen LogP contribution < -0.4 is 10.5 Å². The van der Waals surface area contributed by atoms with Gasteiger partial charge < -0.3 is 5.32 Å². The zero-order valence-electron chi connectivity index (χ0n) is 8.73. The average molecular weight is 221 g/mol. The third-order valence-electron chi connectivity index (χ3n) is 2.53. The van der Waals surface area contributed by atoms with Gasteiger partial charge in [0.25, 0.3) is 10.2 Å². The van der Waals surface area contributed by atoms with Gasteiger partial charge in [0.15, 0.2) is 0 Å². The Labute approximate surface area is 85.8 Å². The normalized spacial score (nSPS) is 18.9. The summed E-state index contributed by atoms with van der Waals surface area (Å²) in [5.41, 5.74) is 0. The lowest BCUT2D eigenvalue weighted by Crippen LogP contribution is -2.47. The van der Waals surface area contributed by atoms with Gasteiger partial charge in [-0.2, -0.15) is 12.7 Å². The Hall–Kier alpha value is -0.170. The largest absolute Gasteiger partial charge is 0.316 e. The Balaban J connectivity index is 2.43. The fraction of sp³-hybridized carbons (Fsp3) is 1.00. The summed E-state index contributed by atoms with van der Waals surface area (Å²) in [6, 6.07) is -0.0574. The second kappa shape index (κ2) is 4.57. The van der Waals surface area contributed by atoms with Gasteiger partial charge in [0.05, 0.1) is 0 Å². The van der Waals surface area contributed by atoms with Crippen molar-refractivity contribution >= 4 is 10.2 Å². The Morgan fingerprint density at radius 3 is 2.36 bits per heavy atom. The molecule has 0 aromatic carbocycles. The number of nitrogens with zero attached hydrogens (tertiary/aromatic N) is 1. The predicted octanol–water partition coefficient (Wildman–Crippen LogP) is -0.490. The first-order valence-corrected chi connectivity index (χ1v) is 6.42. The first-order chi connectivity index (χ1) is 6.41. The van der Waals surface area contributed by atoms with Gasteiger partial charge >= 0.3 is 0 Å². The lowest BCUT2D eigenvalue weighted by atomic mass is 9.99. The van der Waals surface area contributed by atoms with Gasteiger partial charge in [-0.05, 0) is 39.3 Å². The van der Waals surface area contributed by atoms with Crippen LogP contribution in [0.3, 0.4) is 0 Å². The van der Waals surface area contributed by atoms with Gasteiger partial charge in [-0.15, -0.1) is 0 Å². The third kappa shape index (κ3) is 3.20. The summed E-state index contributed by atoms with van der Waals surface area (Å²) in [5.74, 6) is 0.609. The molecule has 6 heteroatoms. The summed E-state index contributed by atoms with van der Waals surface area (Å²) in [5, 5.41) is 8.26. The van der Waals surface area contributed by atoms with Crippen LogP contribution >= 0.6 is 0 Å². The molecule has 1 aliphatic heterocycles. The van der Waals surface area contributed by atoms with E-state index in [9.17, 15) is 8.42 Å². The molecule has 1 aliphatic rings. The molecule has 84 valence electrons. The summed E-state index contributed by atoms with van der Waals surface area (Å²) in [7, 11) is -3.53. The second-order valence-corrected chi connectivity index (χ2v) is 5.56. The molecule has 0 aromatic rings. The molecule has 0 aromatic heterocycles. The van der Waals surface area contributed by atoms with Gasteiger partial charge in [-0.25, -0.2) is 5.14 Å². The van der Waals surface area contributed by atoms with Crippen LogP contribution in [0.2, 0.25) is 0 Å². The molecule has 0 bridgehead atoms. The van der Waals surface area contributed by atoms with E-state index in [4.69, 9.17) is 5.14 Å². The lowest BCUT2D eigenvalue weighted by molar-refractivity contribution is 0.272. The van der Waals surface area contributed by atoms with Crippen LogP contribution in [0.5, 0.6) is 0 Å². The third-order valence-corrected chi connectivity index (χ3v) is 3.78. The molecule has 1 rings (SSSR count). The minimum Gasteiger partial charge on any atom is -0.316 e. The zero-order chi connectivity index (χ0) is 10.8. The fourth-order valence-electron chi connectivity index (χ4n) is 1.54. The number of hydrogen-bond donors (Lipinski definition) is 2. The summed E-state index contributed by atoms with van der Waals surface area (Å²) < 4.78 is 23.7. The molecular weight excluding hydrogens is 202 g/mol. The molecule has 0 spiro atoms. The smallest absolute Gasteiger partial charge is 0.277 e. The minimum atomic E-state index is -3.53. The SMILES string of the molecule is CC(C)N(CCC1CNC1)S(N)(=O)=O. The number of nitrogens with two attached hydrogens (primary N) is 1. The molecule has 0 saturated carbocycles. The van der Waals surface area contributed by atoms with Crippen molar-refractivity contribution in [1.29, 1.82) is 0 Å². The van der Waals surface area contributed by atoms with Crippen LogP contribution in [0.1, 0.15) is 20.3 Å². The quantitative estimate of drug-likeness (QED) is 0.658. The van der Waals surface area contributed by atoms with E-state index >= 15 is 0 Å². The lowest BCUT2D eigenvalue weighted by Gasteiger charge is -2.30. The van der Waals surface area contributed by atoms with Crippen molar-refractivity contribution in [2.45, 2.75) is 26.3 Å². The summed E-state index contributed by atoms with van der Waals surface area (Å²) in [6.07, 6.45) is 0.890. The van der Waals surface area contributed by atoms with E-state index in [0.717, 1.165) is 19.5 Å². The van der Waals surface area contributed by atoms with E-state index in [-0.39, 0.29) is 6.04 Å². The van der Waals surface area contributed by atoms with Crippen LogP contribution in [0.25, 0.3) is 0 Å². The molecule has 1 saturated heterocycles.